The number of aromatic nitrogens is 1. The maximum absolute atomic E-state index is 12.9. The van der Waals surface area contributed by atoms with Crippen LogP contribution in [0.15, 0.2) is 12.1 Å². The van der Waals surface area contributed by atoms with Gasteiger partial charge in [-0.1, -0.05) is 6.42 Å². The number of fused-ring (bicyclic) bond motifs is 1. The van der Waals surface area contributed by atoms with Crippen LogP contribution in [0.2, 0.25) is 0 Å². The fraction of sp³-hybridized carbons (Fsp3) is 0.688. The molecule has 2 N–H and O–H groups in total. The molecule has 0 spiro atoms. The van der Waals surface area contributed by atoms with Crippen LogP contribution in [0.1, 0.15) is 43.6 Å². The topological polar surface area (TPSA) is 51.3 Å². The lowest BCUT2D eigenvalue weighted by molar-refractivity contribution is -0.140. The summed E-state index contributed by atoms with van der Waals surface area (Å²) in [6.07, 6.45) is 3.28. The number of nitrogens with zero attached hydrogens (tertiary/aromatic N) is 2. The van der Waals surface area contributed by atoms with E-state index >= 15 is 0 Å². The highest BCUT2D eigenvalue weighted by molar-refractivity contribution is 5.80. The fourth-order valence-corrected chi connectivity index (χ4v) is 3.98. The van der Waals surface area contributed by atoms with E-state index in [2.05, 4.69) is 35.4 Å². The molecule has 1 aliphatic heterocycles. The predicted octanol–water partition coefficient (Wildman–Crippen LogP) is 2.07. The lowest BCUT2D eigenvalue weighted by Gasteiger charge is -2.37. The predicted molar refractivity (Wildman–Crippen MR) is 79.2 cm³/mol. The van der Waals surface area contributed by atoms with Crippen LogP contribution < -0.4 is 5.73 Å². The molecule has 110 valence electrons. The van der Waals surface area contributed by atoms with E-state index in [-0.39, 0.29) is 12.0 Å². The maximum Gasteiger partial charge on any atom is 0.226 e. The van der Waals surface area contributed by atoms with Crippen molar-refractivity contribution in [1.29, 1.82) is 0 Å². The van der Waals surface area contributed by atoms with Crippen molar-refractivity contribution in [2.24, 2.45) is 17.6 Å². The van der Waals surface area contributed by atoms with Crippen molar-refractivity contribution in [2.75, 3.05) is 13.1 Å². The molecule has 2 heterocycles. The molecule has 4 heteroatoms. The molecule has 1 aromatic rings. The van der Waals surface area contributed by atoms with Gasteiger partial charge in [0.15, 0.2) is 0 Å². The summed E-state index contributed by atoms with van der Waals surface area (Å²) >= 11 is 0. The summed E-state index contributed by atoms with van der Waals surface area (Å²) in [5.41, 5.74) is 8.39. The third-order valence-corrected chi connectivity index (χ3v) is 5.25. The molecule has 0 radical (unpaired) electrons. The Bertz CT molecular complexity index is 508. The summed E-state index contributed by atoms with van der Waals surface area (Å²) in [4.78, 5) is 14.9. The van der Waals surface area contributed by atoms with Crippen molar-refractivity contribution in [3.63, 3.8) is 0 Å². The van der Waals surface area contributed by atoms with E-state index in [4.69, 9.17) is 5.73 Å². The highest BCUT2D eigenvalue weighted by Gasteiger charge is 2.38. The molecule has 4 nitrogen and oxygen atoms in total. The number of nitrogens with two attached hydrogens (primary N) is 1. The first kappa shape index (κ1) is 13.7. The monoisotopic (exact) mass is 275 g/mol. The maximum atomic E-state index is 12.9. The Balaban J connectivity index is 1.80. The molecule has 2 aliphatic rings. The van der Waals surface area contributed by atoms with E-state index < -0.39 is 0 Å². The molecule has 3 rings (SSSR count). The molecular formula is C16H25N3O. The quantitative estimate of drug-likeness (QED) is 0.898. The van der Waals surface area contributed by atoms with Crippen LogP contribution in [-0.2, 0) is 11.3 Å². The number of carbonyl (C=O) groups excluding carboxylic acids is 1. The highest BCUT2D eigenvalue weighted by Crippen LogP contribution is 2.36. The minimum atomic E-state index is 0.157. The number of amides is 1. The minimum Gasteiger partial charge on any atom is -0.345 e. The molecule has 0 aromatic carbocycles. The molecule has 1 fully saturated rings. The van der Waals surface area contributed by atoms with Crippen LogP contribution in [-0.4, -0.2) is 28.5 Å². The van der Waals surface area contributed by atoms with Crippen molar-refractivity contribution in [3.8, 4) is 0 Å². The first-order chi connectivity index (χ1) is 9.63. The van der Waals surface area contributed by atoms with Gasteiger partial charge in [0.1, 0.15) is 0 Å². The minimum absolute atomic E-state index is 0.157. The van der Waals surface area contributed by atoms with Crippen LogP contribution in [0, 0.1) is 18.8 Å². The van der Waals surface area contributed by atoms with Crippen molar-refractivity contribution < 1.29 is 4.79 Å². The molecule has 1 saturated carbocycles. The molecule has 1 aromatic heterocycles. The summed E-state index contributed by atoms with van der Waals surface area (Å²) in [5, 5.41) is 0. The van der Waals surface area contributed by atoms with E-state index in [1.165, 1.54) is 11.4 Å². The zero-order chi connectivity index (χ0) is 14.3. The largest absolute Gasteiger partial charge is 0.345 e. The normalized spacial score (nSPS) is 29.6. The Kier molecular flexibility index (Phi) is 3.59. The van der Waals surface area contributed by atoms with E-state index in [1.807, 2.05) is 0 Å². The van der Waals surface area contributed by atoms with Gasteiger partial charge in [0, 0.05) is 30.4 Å². The third kappa shape index (κ3) is 2.06. The van der Waals surface area contributed by atoms with Crippen molar-refractivity contribution in [2.45, 2.75) is 45.7 Å². The van der Waals surface area contributed by atoms with Gasteiger partial charge in [0.2, 0.25) is 5.91 Å². The van der Waals surface area contributed by atoms with Crippen LogP contribution in [0.4, 0.5) is 0 Å². The van der Waals surface area contributed by atoms with Gasteiger partial charge in [-0.25, -0.2) is 0 Å². The molecule has 1 amide bonds. The Morgan fingerprint density at radius 1 is 1.35 bits per heavy atom. The second-order valence-corrected chi connectivity index (χ2v) is 6.29. The Morgan fingerprint density at radius 3 is 2.90 bits per heavy atom. The van der Waals surface area contributed by atoms with Gasteiger partial charge in [-0.2, -0.15) is 0 Å². The van der Waals surface area contributed by atoms with Crippen molar-refractivity contribution in [1.82, 2.24) is 9.47 Å². The molecule has 1 aliphatic carbocycles. The second kappa shape index (κ2) is 5.24. The number of aryl methyl sites for hydroxylation is 1. The summed E-state index contributed by atoms with van der Waals surface area (Å²) in [5.74, 6) is 0.880. The summed E-state index contributed by atoms with van der Waals surface area (Å²) in [7, 11) is 0. The Morgan fingerprint density at radius 2 is 2.15 bits per heavy atom. The highest BCUT2D eigenvalue weighted by atomic mass is 16.2. The van der Waals surface area contributed by atoms with Gasteiger partial charge in [-0.05, 0) is 51.3 Å². The molecular weight excluding hydrogens is 250 g/mol. The zero-order valence-electron chi connectivity index (χ0n) is 12.5. The lowest BCUT2D eigenvalue weighted by Crippen LogP contribution is -2.45. The second-order valence-electron chi connectivity index (χ2n) is 6.29. The summed E-state index contributed by atoms with van der Waals surface area (Å²) in [6, 6.07) is 4.50. The zero-order valence-corrected chi connectivity index (χ0v) is 12.5. The van der Waals surface area contributed by atoms with Gasteiger partial charge in [0.25, 0.3) is 0 Å². The first-order valence-electron chi connectivity index (χ1n) is 7.80. The van der Waals surface area contributed by atoms with E-state index in [0.717, 1.165) is 32.4 Å². The summed E-state index contributed by atoms with van der Waals surface area (Å²) < 4.78 is 2.34. The standard InChI is InChI=1S/C16H25N3O/c1-11-6-7-15-12(2)19(9-8-18(11)15)16(20)14-5-3-4-13(14)10-17/h6-7,12-14H,3-5,8-10,17H2,1-2H3. The van der Waals surface area contributed by atoms with Crippen LogP contribution in [0.5, 0.6) is 0 Å². The van der Waals surface area contributed by atoms with Gasteiger partial charge < -0.3 is 15.2 Å². The van der Waals surface area contributed by atoms with Crippen molar-refractivity contribution >= 4 is 5.91 Å². The lowest BCUT2D eigenvalue weighted by atomic mass is 9.93. The molecule has 20 heavy (non-hydrogen) atoms. The smallest absolute Gasteiger partial charge is 0.226 e. The van der Waals surface area contributed by atoms with Gasteiger partial charge in [-0.15, -0.1) is 0 Å². The number of hydrogen-bond donors (Lipinski definition) is 1. The van der Waals surface area contributed by atoms with Gasteiger partial charge >= 0.3 is 0 Å². The SMILES string of the molecule is Cc1ccc2n1CCN(C(=O)C1CCCC1CN)C2C. The first-order valence-corrected chi connectivity index (χ1v) is 7.80. The molecule has 3 atom stereocenters. The van der Waals surface area contributed by atoms with Crippen LogP contribution in [0.25, 0.3) is 0 Å². The number of carbonyl (C=O) groups is 1. The number of hydrogen-bond acceptors (Lipinski definition) is 2. The number of rotatable bonds is 2. The molecule has 3 unspecified atom stereocenters. The fourth-order valence-electron chi connectivity index (χ4n) is 3.98. The molecule has 0 saturated heterocycles. The third-order valence-electron chi connectivity index (χ3n) is 5.25. The van der Waals surface area contributed by atoms with Gasteiger partial charge in [0.05, 0.1) is 6.04 Å². The van der Waals surface area contributed by atoms with Gasteiger partial charge in [-0.3, -0.25) is 4.79 Å². The molecule has 0 bridgehead atoms. The van der Waals surface area contributed by atoms with Crippen LogP contribution in [0.3, 0.4) is 0 Å². The van der Waals surface area contributed by atoms with Crippen LogP contribution >= 0.6 is 0 Å². The Hall–Kier alpha value is -1.29. The van der Waals surface area contributed by atoms with E-state index in [9.17, 15) is 4.79 Å². The average molecular weight is 275 g/mol. The summed E-state index contributed by atoms with van der Waals surface area (Å²) in [6.45, 7) is 6.68. The van der Waals surface area contributed by atoms with E-state index in [1.54, 1.807) is 0 Å². The Labute approximate surface area is 120 Å². The average Bonchev–Trinajstić information content (AvgIpc) is 3.06. The van der Waals surface area contributed by atoms with E-state index in [0.29, 0.717) is 18.4 Å². The van der Waals surface area contributed by atoms with Crippen molar-refractivity contribution in [3.05, 3.63) is 23.5 Å².